The summed E-state index contributed by atoms with van der Waals surface area (Å²) in [7, 11) is 0. The predicted octanol–water partition coefficient (Wildman–Crippen LogP) is 7.10. The summed E-state index contributed by atoms with van der Waals surface area (Å²) in [4.78, 5) is 25.1. The van der Waals surface area contributed by atoms with Crippen LogP contribution in [0.15, 0.2) is 54.6 Å². The van der Waals surface area contributed by atoms with Crippen LogP contribution < -0.4 is 10.1 Å². The molecule has 3 aliphatic rings. The fourth-order valence-electron chi connectivity index (χ4n) is 6.76. The van der Waals surface area contributed by atoms with Gasteiger partial charge in [0.15, 0.2) is 0 Å². The van der Waals surface area contributed by atoms with Crippen LogP contribution in [-0.4, -0.2) is 51.1 Å². The Balaban J connectivity index is 0.999. The van der Waals surface area contributed by atoms with Gasteiger partial charge in [-0.1, -0.05) is 36.6 Å². The fraction of sp³-hybridized carbons (Fsp3) is 0.457. The Morgan fingerprint density at radius 3 is 2.60 bits per heavy atom. The number of piperidine rings is 1. The van der Waals surface area contributed by atoms with Crippen molar-refractivity contribution < 1.29 is 18.7 Å². The fourth-order valence-corrected chi connectivity index (χ4v) is 6.92. The predicted molar refractivity (Wildman–Crippen MR) is 172 cm³/mol. The molecule has 236 valence electrons. The first-order chi connectivity index (χ1) is 22.0. The standard InChI is InChI=1S/C35H39ClFN5O3/c36-26-9-8-25(29(37)18-26)22-45-34-7-3-6-30(40-34)23-12-15-41(16-13-23)21-33-39-31-19-27(38-35(43)24-4-1-2-5-24)10-11-32(31)42(33)20-28-14-17-44-28/h3,6-11,18-19,23-24,28H,1-2,4-5,12-17,20-22H2,(H,38,43)/t28-/m0/s1. The van der Waals surface area contributed by atoms with Crippen LogP contribution in [0.2, 0.25) is 5.02 Å². The molecule has 1 N–H and O–H groups in total. The van der Waals surface area contributed by atoms with Crippen molar-refractivity contribution in [3.8, 4) is 5.88 Å². The summed E-state index contributed by atoms with van der Waals surface area (Å²) in [5.41, 5.74) is 4.25. The molecule has 8 nitrogen and oxygen atoms in total. The maximum absolute atomic E-state index is 14.2. The molecule has 4 heterocycles. The highest BCUT2D eigenvalue weighted by atomic mass is 35.5. The number of rotatable bonds is 10. The van der Waals surface area contributed by atoms with Gasteiger partial charge in [-0.15, -0.1) is 0 Å². The second kappa shape index (κ2) is 13.4. The molecule has 1 amide bonds. The number of halogens is 2. The van der Waals surface area contributed by atoms with E-state index in [1.54, 1.807) is 12.1 Å². The lowest BCUT2D eigenvalue weighted by atomic mass is 9.93. The summed E-state index contributed by atoms with van der Waals surface area (Å²) in [6.07, 6.45) is 7.45. The molecule has 0 bridgehead atoms. The molecule has 2 saturated heterocycles. The molecule has 0 radical (unpaired) electrons. The summed E-state index contributed by atoms with van der Waals surface area (Å²) in [6.45, 7) is 4.31. The molecular formula is C35H39ClFN5O3. The number of nitrogens with one attached hydrogen (secondary N) is 1. The largest absolute Gasteiger partial charge is 0.473 e. The van der Waals surface area contributed by atoms with E-state index in [0.717, 1.165) is 106 Å². The van der Waals surface area contributed by atoms with Crippen LogP contribution in [0.4, 0.5) is 10.1 Å². The number of anilines is 1. The zero-order valence-electron chi connectivity index (χ0n) is 25.4. The van der Waals surface area contributed by atoms with Gasteiger partial charge in [-0.25, -0.2) is 14.4 Å². The number of benzene rings is 2. The third-order valence-electron chi connectivity index (χ3n) is 9.51. The van der Waals surface area contributed by atoms with Gasteiger partial charge in [0.25, 0.3) is 0 Å². The molecule has 0 spiro atoms. The number of hydrogen-bond donors (Lipinski definition) is 1. The normalized spacial score (nSPS) is 19.6. The average Bonchev–Trinajstić information content (AvgIpc) is 3.67. The number of ether oxygens (including phenoxy) is 2. The van der Waals surface area contributed by atoms with Crippen LogP contribution in [0.3, 0.4) is 0 Å². The number of hydrogen-bond acceptors (Lipinski definition) is 6. The Morgan fingerprint density at radius 1 is 1.02 bits per heavy atom. The minimum Gasteiger partial charge on any atom is -0.473 e. The van der Waals surface area contributed by atoms with Crippen molar-refractivity contribution in [1.29, 1.82) is 0 Å². The van der Waals surface area contributed by atoms with E-state index in [0.29, 0.717) is 22.4 Å². The lowest BCUT2D eigenvalue weighted by molar-refractivity contribution is -0.119. The van der Waals surface area contributed by atoms with E-state index in [1.807, 2.05) is 24.3 Å². The number of pyridine rings is 1. The van der Waals surface area contributed by atoms with Crippen LogP contribution >= 0.6 is 11.6 Å². The minimum absolute atomic E-state index is 0.0964. The van der Waals surface area contributed by atoms with Crippen molar-refractivity contribution in [2.45, 2.75) is 76.7 Å². The molecule has 10 heteroatoms. The van der Waals surface area contributed by atoms with E-state index in [-0.39, 0.29) is 30.4 Å². The monoisotopic (exact) mass is 631 g/mol. The maximum Gasteiger partial charge on any atom is 0.227 e. The SMILES string of the molecule is O=C(Nc1ccc2c(c1)nc(CN1CCC(c3cccc(OCc4ccc(Cl)cc4F)n3)CC1)n2C[C@@H]1CCO1)C1CCCC1. The van der Waals surface area contributed by atoms with Gasteiger partial charge in [0.05, 0.1) is 30.2 Å². The number of amides is 1. The van der Waals surface area contributed by atoms with E-state index in [4.69, 9.17) is 31.0 Å². The molecule has 2 aliphatic heterocycles. The molecule has 0 unspecified atom stereocenters. The minimum atomic E-state index is -0.383. The zero-order chi connectivity index (χ0) is 30.8. The molecule has 4 aromatic rings. The molecule has 7 rings (SSSR count). The van der Waals surface area contributed by atoms with E-state index in [2.05, 4.69) is 26.9 Å². The van der Waals surface area contributed by atoms with Crippen molar-refractivity contribution >= 4 is 34.2 Å². The molecule has 1 aliphatic carbocycles. The molecule has 1 saturated carbocycles. The van der Waals surface area contributed by atoms with Gasteiger partial charge in [0.2, 0.25) is 11.8 Å². The van der Waals surface area contributed by atoms with Crippen LogP contribution in [-0.2, 0) is 29.2 Å². The van der Waals surface area contributed by atoms with Gasteiger partial charge in [-0.05, 0) is 81.6 Å². The van der Waals surface area contributed by atoms with Gasteiger partial charge >= 0.3 is 0 Å². The van der Waals surface area contributed by atoms with Crippen LogP contribution in [0.1, 0.15) is 67.9 Å². The summed E-state index contributed by atoms with van der Waals surface area (Å²) in [5.74, 6) is 1.71. The number of carbonyl (C=O) groups is 1. The van der Waals surface area contributed by atoms with Gasteiger partial charge in [0, 0.05) is 46.5 Å². The lowest BCUT2D eigenvalue weighted by Crippen LogP contribution is -2.35. The van der Waals surface area contributed by atoms with Gasteiger partial charge in [-0.2, -0.15) is 0 Å². The summed E-state index contributed by atoms with van der Waals surface area (Å²) in [5, 5.41) is 3.50. The van der Waals surface area contributed by atoms with Crippen molar-refractivity contribution in [3.05, 3.63) is 82.5 Å². The Morgan fingerprint density at radius 2 is 1.84 bits per heavy atom. The Kier molecular flexibility index (Phi) is 9.01. The highest BCUT2D eigenvalue weighted by Gasteiger charge is 2.27. The number of likely N-dealkylation sites (tertiary alicyclic amines) is 1. The van der Waals surface area contributed by atoms with E-state index in [9.17, 15) is 9.18 Å². The number of aromatic nitrogens is 3. The van der Waals surface area contributed by atoms with Gasteiger partial charge in [-0.3, -0.25) is 9.69 Å². The Hall–Kier alpha value is -3.53. The molecule has 2 aromatic carbocycles. The molecule has 3 fully saturated rings. The second-order valence-corrected chi connectivity index (χ2v) is 13.0. The first kappa shape index (κ1) is 30.1. The van der Waals surface area contributed by atoms with Gasteiger partial charge < -0.3 is 19.4 Å². The van der Waals surface area contributed by atoms with Crippen molar-refractivity contribution in [2.75, 3.05) is 25.0 Å². The maximum atomic E-state index is 14.2. The van der Waals surface area contributed by atoms with Crippen LogP contribution in [0.5, 0.6) is 5.88 Å². The van der Waals surface area contributed by atoms with Crippen molar-refractivity contribution in [2.24, 2.45) is 5.92 Å². The van der Waals surface area contributed by atoms with Gasteiger partial charge in [0.1, 0.15) is 18.2 Å². The molecule has 45 heavy (non-hydrogen) atoms. The lowest BCUT2D eigenvalue weighted by Gasteiger charge is -2.32. The quantitative estimate of drug-likeness (QED) is 0.201. The third-order valence-corrected chi connectivity index (χ3v) is 9.74. The summed E-state index contributed by atoms with van der Waals surface area (Å²) < 4.78 is 28.1. The second-order valence-electron chi connectivity index (χ2n) is 12.6. The highest BCUT2D eigenvalue weighted by molar-refractivity contribution is 6.30. The Labute approximate surface area is 267 Å². The van der Waals surface area contributed by atoms with Crippen molar-refractivity contribution in [3.63, 3.8) is 0 Å². The third kappa shape index (κ3) is 7.00. The zero-order valence-corrected chi connectivity index (χ0v) is 26.1. The molecular weight excluding hydrogens is 593 g/mol. The topological polar surface area (TPSA) is 81.5 Å². The van der Waals surface area contributed by atoms with E-state index in [1.165, 1.54) is 6.07 Å². The van der Waals surface area contributed by atoms with Crippen LogP contribution in [0.25, 0.3) is 11.0 Å². The van der Waals surface area contributed by atoms with E-state index < -0.39 is 0 Å². The van der Waals surface area contributed by atoms with E-state index >= 15 is 0 Å². The summed E-state index contributed by atoms with van der Waals surface area (Å²) >= 11 is 5.87. The average molecular weight is 632 g/mol. The number of imidazole rings is 1. The molecule has 2 aromatic heterocycles. The Bertz CT molecular complexity index is 1660. The van der Waals surface area contributed by atoms with Crippen molar-refractivity contribution in [1.82, 2.24) is 19.4 Å². The number of nitrogens with zero attached hydrogens (tertiary/aromatic N) is 4. The molecule has 1 atom stereocenters. The highest BCUT2D eigenvalue weighted by Crippen LogP contribution is 2.31. The first-order valence-electron chi connectivity index (χ1n) is 16.2. The van der Waals surface area contributed by atoms with Crippen LogP contribution in [0, 0.1) is 11.7 Å². The number of carbonyl (C=O) groups excluding carboxylic acids is 1. The first-order valence-corrected chi connectivity index (χ1v) is 16.5. The smallest absolute Gasteiger partial charge is 0.227 e. The number of fused-ring (bicyclic) bond motifs is 1. The summed E-state index contributed by atoms with van der Waals surface area (Å²) in [6, 6.07) is 16.5.